The van der Waals surface area contributed by atoms with E-state index in [0.29, 0.717) is 6.61 Å². The lowest BCUT2D eigenvalue weighted by Gasteiger charge is -2.08. The Morgan fingerprint density at radius 1 is 1.28 bits per heavy atom. The van der Waals surface area contributed by atoms with Crippen molar-refractivity contribution in [3.05, 3.63) is 46.8 Å². The van der Waals surface area contributed by atoms with Crippen LogP contribution in [0.4, 0.5) is 0 Å². The topological polar surface area (TPSA) is 61.3 Å². The molecule has 0 amide bonds. The van der Waals surface area contributed by atoms with E-state index in [1.807, 2.05) is 45.0 Å². The summed E-state index contributed by atoms with van der Waals surface area (Å²) in [5.41, 5.74) is 8.77. The first-order valence-electron chi connectivity index (χ1n) is 5.98. The van der Waals surface area contributed by atoms with E-state index in [0.717, 1.165) is 28.3 Å². The maximum absolute atomic E-state index is 5.79. The van der Waals surface area contributed by atoms with Crippen molar-refractivity contribution in [2.24, 2.45) is 5.73 Å². The molecule has 0 fully saturated rings. The van der Waals surface area contributed by atoms with Crippen LogP contribution in [0.2, 0.25) is 0 Å². The van der Waals surface area contributed by atoms with Gasteiger partial charge in [-0.3, -0.25) is 0 Å². The second kappa shape index (κ2) is 5.23. The van der Waals surface area contributed by atoms with E-state index >= 15 is 0 Å². The van der Waals surface area contributed by atoms with Crippen molar-refractivity contribution < 1.29 is 9.26 Å². The van der Waals surface area contributed by atoms with Crippen LogP contribution in [0, 0.1) is 13.8 Å². The quantitative estimate of drug-likeness (QED) is 0.901. The molecule has 1 heterocycles. The molecule has 0 bridgehead atoms. The van der Waals surface area contributed by atoms with Crippen LogP contribution in [0.25, 0.3) is 0 Å². The van der Waals surface area contributed by atoms with Crippen molar-refractivity contribution in [1.82, 2.24) is 5.16 Å². The van der Waals surface area contributed by atoms with E-state index in [1.54, 1.807) is 0 Å². The number of ether oxygens (including phenoxy) is 1. The van der Waals surface area contributed by atoms with Crippen LogP contribution in [-0.4, -0.2) is 5.16 Å². The molecule has 1 atom stereocenters. The van der Waals surface area contributed by atoms with Crippen LogP contribution < -0.4 is 10.5 Å². The fourth-order valence-electron chi connectivity index (χ4n) is 1.73. The lowest BCUT2D eigenvalue weighted by molar-refractivity contribution is 0.301. The van der Waals surface area contributed by atoms with Gasteiger partial charge in [0, 0.05) is 6.04 Å². The van der Waals surface area contributed by atoms with E-state index < -0.39 is 0 Å². The summed E-state index contributed by atoms with van der Waals surface area (Å²) in [5.74, 6) is 1.62. The molecule has 4 nitrogen and oxygen atoms in total. The summed E-state index contributed by atoms with van der Waals surface area (Å²) < 4.78 is 10.8. The van der Waals surface area contributed by atoms with Gasteiger partial charge in [-0.1, -0.05) is 17.3 Å². The minimum atomic E-state index is 0.0432. The summed E-state index contributed by atoms with van der Waals surface area (Å²) in [5, 5.41) is 3.89. The van der Waals surface area contributed by atoms with Gasteiger partial charge >= 0.3 is 0 Å². The van der Waals surface area contributed by atoms with Crippen molar-refractivity contribution in [3.8, 4) is 5.75 Å². The third-order valence-corrected chi connectivity index (χ3v) is 2.97. The molecule has 0 saturated carbocycles. The monoisotopic (exact) mass is 246 g/mol. The normalized spacial score (nSPS) is 12.4. The highest BCUT2D eigenvalue weighted by Gasteiger charge is 2.09. The Hall–Kier alpha value is -1.81. The zero-order valence-electron chi connectivity index (χ0n) is 10.9. The summed E-state index contributed by atoms with van der Waals surface area (Å²) in [6.07, 6.45) is 0. The predicted octanol–water partition coefficient (Wildman–Crippen LogP) is 2.89. The van der Waals surface area contributed by atoms with E-state index in [1.165, 1.54) is 0 Å². The van der Waals surface area contributed by atoms with Crippen molar-refractivity contribution in [2.75, 3.05) is 0 Å². The molecule has 0 spiro atoms. The summed E-state index contributed by atoms with van der Waals surface area (Å²) >= 11 is 0. The van der Waals surface area contributed by atoms with Gasteiger partial charge in [0.25, 0.3) is 0 Å². The third-order valence-electron chi connectivity index (χ3n) is 2.97. The van der Waals surface area contributed by atoms with Crippen LogP contribution in [0.5, 0.6) is 5.75 Å². The second-order valence-electron chi connectivity index (χ2n) is 4.45. The number of aryl methyl sites for hydroxylation is 2. The smallest absolute Gasteiger partial charge is 0.140 e. The molecular formula is C14H18N2O2. The van der Waals surface area contributed by atoms with Gasteiger partial charge in [0.1, 0.15) is 18.1 Å². The number of benzene rings is 1. The average molecular weight is 246 g/mol. The molecule has 4 heteroatoms. The molecule has 1 aromatic heterocycles. The second-order valence-corrected chi connectivity index (χ2v) is 4.45. The molecule has 0 aliphatic rings. The first-order valence-corrected chi connectivity index (χ1v) is 5.98. The molecule has 0 radical (unpaired) electrons. The van der Waals surface area contributed by atoms with Crippen LogP contribution in [0.3, 0.4) is 0 Å². The number of nitrogens with two attached hydrogens (primary N) is 1. The van der Waals surface area contributed by atoms with Crippen molar-refractivity contribution in [3.63, 3.8) is 0 Å². The first kappa shape index (κ1) is 12.6. The Morgan fingerprint density at radius 3 is 2.44 bits per heavy atom. The lowest BCUT2D eigenvalue weighted by atomic mass is 10.1. The highest BCUT2D eigenvalue weighted by Crippen LogP contribution is 2.19. The number of aromatic nitrogens is 1. The Kier molecular flexibility index (Phi) is 3.67. The van der Waals surface area contributed by atoms with Crippen molar-refractivity contribution in [1.29, 1.82) is 0 Å². The molecule has 18 heavy (non-hydrogen) atoms. The summed E-state index contributed by atoms with van der Waals surface area (Å²) in [6, 6.07) is 7.86. The largest absolute Gasteiger partial charge is 0.489 e. The minimum Gasteiger partial charge on any atom is -0.489 e. The van der Waals surface area contributed by atoms with Gasteiger partial charge in [-0.25, -0.2) is 0 Å². The molecule has 0 aliphatic carbocycles. The fourth-order valence-corrected chi connectivity index (χ4v) is 1.73. The first-order chi connectivity index (χ1) is 8.58. The van der Waals surface area contributed by atoms with Crippen LogP contribution in [0.1, 0.15) is 35.5 Å². The van der Waals surface area contributed by atoms with Gasteiger partial charge in [-0.2, -0.15) is 0 Å². The molecule has 1 aromatic carbocycles. The summed E-state index contributed by atoms with van der Waals surface area (Å²) in [4.78, 5) is 0. The third kappa shape index (κ3) is 2.71. The zero-order chi connectivity index (χ0) is 13.1. The van der Waals surface area contributed by atoms with Crippen LogP contribution in [-0.2, 0) is 6.61 Å². The van der Waals surface area contributed by atoms with Gasteiger partial charge < -0.3 is 15.0 Å². The number of hydrogen-bond donors (Lipinski definition) is 1. The molecule has 2 aromatic rings. The Balaban J connectivity index is 2.02. The van der Waals surface area contributed by atoms with Crippen molar-refractivity contribution >= 4 is 0 Å². The van der Waals surface area contributed by atoms with E-state index in [-0.39, 0.29) is 6.04 Å². The van der Waals surface area contributed by atoms with Gasteiger partial charge in [-0.15, -0.1) is 0 Å². The summed E-state index contributed by atoms with van der Waals surface area (Å²) in [6.45, 7) is 6.23. The van der Waals surface area contributed by atoms with E-state index in [4.69, 9.17) is 15.0 Å². The molecule has 0 unspecified atom stereocenters. The van der Waals surface area contributed by atoms with E-state index in [9.17, 15) is 0 Å². The molecule has 2 rings (SSSR count). The highest BCUT2D eigenvalue weighted by atomic mass is 16.5. The van der Waals surface area contributed by atoms with Gasteiger partial charge in [0.15, 0.2) is 0 Å². The maximum atomic E-state index is 5.79. The number of nitrogens with zero attached hydrogens (tertiary/aromatic N) is 1. The predicted molar refractivity (Wildman–Crippen MR) is 69.4 cm³/mol. The zero-order valence-corrected chi connectivity index (χ0v) is 10.9. The Labute approximate surface area is 107 Å². The van der Waals surface area contributed by atoms with Gasteiger partial charge in [0.2, 0.25) is 0 Å². The fraction of sp³-hybridized carbons (Fsp3) is 0.357. The Morgan fingerprint density at radius 2 is 1.94 bits per heavy atom. The van der Waals surface area contributed by atoms with Crippen LogP contribution in [0.15, 0.2) is 28.8 Å². The number of hydrogen-bond acceptors (Lipinski definition) is 4. The number of rotatable bonds is 4. The lowest BCUT2D eigenvalue weighted by Crippen LogP contribution is -2.04. The standard InChI is InChI=1S/C14H18N2O2/c1-9(15)12-4-6-13(7-5-12)17-8-14-10(2)16-18-11(14)3/h4-7,9H,8,15H2,1-3H3/t9-/m0/s1. The Bertz CT molecular complexity index is 496. The average Bonchev–Trinajstić information content (AvgIpc) is 2.67. The molecule has 0 saturated heterocycles. The van der Waals surface area contributed by atoms with Gasteiger partial charge in [0.05, 0.1) is 11.3 Å². The van der Waals surface area contributed by atoms with E-state index in [2.05, 4.69) is 5.16 Å². The molecule has 0 aliphatic heterocycles. The van der Waals surface area contributed by atoms with Crippen molar-refractivity contribution in [2.45, 2.75) is 33.4 Å². The molecule has 96 valence electrons. The SMILES string of the molecule is Cc1noc(C)c1COc1ccc([C@H](C)N)cc1. The highest BCUT2D eigenvalue weighted by molar-refractivity contribution is 5.29. The van der Waals surface area contributed by atoms with Gasteiger partial charge in [-0.05, 0) is 38.5 Å². The maximum Gasteiger partial charge on any atom is 0.140 e. The summed E-state index contributed by atoms with van der Waals surface area (Å²) in [7, 11) is 0. The van der Waals surface area contributed by atoms with Crippen LogP contribution >= 0.6 is 0 Å². The molecule has 2 N–H and O–H groups in total. The minimum absolute atomic E-state index is 0.0432. The molecular weight excluding hydrogens is 228 g/mol.